The number of aromatic hydroxyl groups is 1. The SMILES string of the molecule is [2H]C([2H])([2H])C([2H])([2H])N1CCC[C@@H](Nc2nnc(-c3ccc4ccccc4c3O)n(C)c2=O)C1. The van der Waals surface area contributed by atoms with Gasteiger partial charge in [0.25, 0.3) is 5.56 Å². The molecule has 1 aromatic heterocycles. The highest BCUT2D eigenvalue weighted by atomic mass is 16.3. The summed E-state index contributed by atoms with van der Waals surface area (Å²) in [4.78, 5) is 14.3. The molecule has 146 valence electrons. The zero-order chi connectivity index (χ0) is 24.0. The number of anilines is 1. The Labute approximate surface area is 170 Å². The molecule has 2 heterocycles. The van der Waals surface area contributed by atoms with Crippen molar-refractivity contribution < 1.29 is 12.0 Å². The molecule has 2 aromatic carbocycles. The first-order chi connectivity index (χ1) is 15.5. The van der Waals surface area contributed by atoms with Crippen LogP contribution in [0.25, 0.3) is 22.2 Å². The molecule has 0 amide bonds. The van der Waals surface area contributed by atoms with E-state index in [4.69, 9.17) is 6.85 Å². The Hall–Kier alpha value is -2.93. The van der Waals surface area contributed by atoms with Crippen molar-refractivity contribution in [3.8, 4) is 17.1 Å². The number of phenolic OH excluding ortho intramolecular Hbond substituents is 1. The van der Waals surface area contributed by atoms with Crippen LogP contribution in [0.2, 0.25) is 0 Å². The first kappa shape index (κ1) is 13.3. The Balaban J connectivity index is 1.60. The van der Waals surface area contributed by atoms with Crippen LogP contribution in [-0.4, -0.2) is 50.4 Å². The Morgan fingerprint density at radius 1 is 1.32 bits per heavy atom. The van der Waals surface area contributed by atoms with Crippen LogP contribution in [0.15, 0.2) is 41.2 Å². The zero-order valence-corrected chi connectivity index (χ0v) is 15.5. The van der Waals surface area contributed by atoms with Crippen molar-refractivity contribution in [2.45, 2.75) is 25.7 Å². The highest BCUT2D eigenvalue weighted by molar-refractivity contribution is 5.93. The molecule has 0 bridgehead atoms. The lowest BCUT2D eigenvalue weighted by atomic mass is 10.0. The minimum absolute atomic E-state index is 0.00734. The molecular formula is C21H25N5O2. The molecule has 4 rings (SSSR count). The average Bonchev–Trinajstić information content (AvgIpc) is 2.77. The first-order valence-electron chi connectivity index (χ1n) is 11.7. The van der Waals surface area contributed by atoms with E-state index >= 15 is 0 Å². The Morgan fingerprint density at radius 2 is 2.18 bits per heavy atom. The number of fused-ring (bicyclic) bond motifs is 1. The molecule has 0 aliphatic carbocycles. The van der Waals surface area contributed by atoms with E-state index in [-0.39, 0.29) is 30.0 Å². The molecule has 0 spiro atoms. The quantitative estimate of drug-likeness (QED) is 0.719. The summed E-state index contributed by atoms with van der Waals surface area (Å²) >= 11 is 0. The fraction of sp³-hybridized carbons (Fsp3) is 0.381. The van der Waals surface area contributed by atoms with Gasteiger partial charge in [-0.3, -0.25) is 9.36 Å². The van der Waals surface area contributed by atoms with E-state index in [2.05, 4.69) is 15.5 Å². The van der Waals surface area contributed by atoms with E-state index in [9.17, 15) is 9.90 Å². The molecule has 7 heteroatoms. The van der Waals surface area contributed by atoms with Gasteiger partial charge in [0.15, 0.2) is 5.82 Å². The number of benzene rings is 2. The molecular weight excluding hydrogens is 354 g/mol. The highest BCUT2D eigenvalue weighted by Crippen LogP contribution is 2.34. The molecule has 1 saturated heterocycles. The van der Waals surface area contributed by atoms with Gasteiger partial charge in [0, 0.05) is 31.9 Å². The number of likely N-dealkylation sites (N-methyl/N-ethyl adjacent to an activating group) is 1. The smallest absolute Gasteiger partial charge is 0.296 e. The molecule has 7 nitrogen and oxygen atoms in total. The highest BCUT2D eigenvalue weighted by Gasteiger charge is 2.21. The van der Waals surface area contributed by atoms with Crippen molar-refractivity contribution in [3.05, 3.63) is 46.8 Å². The van der Waals surface area contributed by atoms with E-state index in [1.54, 1.807) is 12.1 Å². The van der Waals surface area contributed by atoms with Crippen molar-refractivity contribution in [2.75, 3.05) is 24.9 Å². The van der Waals surface area contributed by atoms with E-state index < -0.39 is 18.9 Å². The second-order valence-electron chi connectivity index (χ2n) is 6.96. The van der Waals surface area contributed by atoms with Crippen molar-refractivity contribution >= 4 is 16.6 Å². The number of nitrogens with zero attached hydrogens (tertiary/aromatic N) is 4. The van der Waals surface area contributed by atoms with Gasteiger partial charge in [-0.15, -0.1) is 10.2 Å². The van der Waals surface area contributed by atoms with Crippen molar-refractivity contribution in [1.29, 1.82) is 0 Å². The van der Waals surface area contributed by atoms with E-state index in [0.717, 1.165) is 5.39 Å². The van der Waals surface area contributed by atoms with E-state index in [1.165, 1.54) is 16.5 Å². The standard InChI is InChI=1S/C21H25N5O2/c1-3-26-12-6-8-15(13-26)22-19-21(28)25(2)20(24-23-19)17-11-10-14-7-4-5-9-16(14)18(17)27/h4-5,7,9-11,15,27H,3,6,8,12-13H2,1-2H3,(H,22,23)/t15-/m1/s1/i1D3,3D2. The molecule has 1 aliphatic rings. The topological polar surface area (TPSA) is 83.3 Å². The normalized spacial score (nSPS) is 21.3. The zero-order valence-electron chi connectivity index (χ0n) is 20.5. The van der Waals surface area contributed by atoms with E-state index in [1.807, 2.05) is 24.3 Å². The maximum atomic E-state index is 13.0. The number of nitrogens with one attached hydrogen (secondary N) is 1. The molecule has 1 aliphatic heterocycles. The number of likely N-dealkylation sites (tertiary alicyclic amines) is 1. The molecule has 3 aromatic rings. The first-order valence-corrected chi connectivity index (χ1v) is 9.17. The predicted molar refractivity (Wildman–Crippen MR) is 111 cm³/mol. The second-order valence-corrected chi connectivity index (χ2v) is 6.96. The van der Waals surface area contributed by atoms with Gasteiger partial charge in [0.1, 0.15) is 5.75 Å². The lowest BCUT2D eigenvalue weighted by Crippen LogP contribution is -2.43. The molecule has 0 radical (unpaired) electrons. The number of hydrogen-bond donors (Lipinski definition) is 2. The summed E-state index contributed by atoms with van der Waals surface area (Å²) in [5.41, 5.74) is -0.0782. The van der Waals surface area contributed by atoms with Gasteiger partial charge in [-0.25, -0.2) is 0 Å². The third-order valence-electron chi connectivity index (χ3n) is 5.13. The Morgan fingerprint density at radius 3 is 3.04 bits per heavy atom. The molecule has 1 atom stereocenters. The van der Waals surface area contributed by atoms with Crippen LogP contribution in [0.4, 0.5) is 5.82 Å². The van der Waals surface area contributed by atoms with Crippen molar-refractivity contribution in [1.82, 2.24) is 19.7 Å². The summed E-state index contributed by atoms with van der Waals surface area (Å²) in [6.07, 6.45) is 1.20. The maximum absolute atomic E-state index is 13.0. The van der Waals surface area contributed by atoms with Crippen LogP contribution in [0.5, 0.6) is 5.75 Å². The molecule has 0 saturated carbocycles. The minimum Gasteiger partial charge on any atom is -0.507 e. The lowest BCUT2D eigenvalue weighted by molar-refractivity contribution is 0.226. The number of hydrogen-bond acceptors (Lipinski definition) is 6. The van der Waals surface area contributed by atoms with Gasteiger partial charge >= 0.3 is 0 Å². The summed E-state index contributed by atoms with van der Waals surface area (Å²) in [7, 11) is 1.53. The number of rotatable bonds is 4. The fourth-order valence-electron chi connectivity index (χ4n) is 3.61. The lowest BCUT2D eigenvalue weighted by Gasteiger charge is -2.32. The molecule has 28 heavy (non-hydrogen) atoms. The number of piperidine rings is 1. The van der Waals surface area contributed by atoms with Crippen LogP contribution in [0.1, 0.15) is 26.5 Å². The monoisotopic (exact) mass is 384 g/mol. The van der Waals surface area contributed by atoms with Crippen LogP contribution in [-0.2, 0) is 7.05 Å². The van der Waals surface area contributed by atoms with Crippen LogP contribution < -0.4 is 10.9 Å². The van der Waals surface area contributed by atoms with Crippen molar-refractivity contribution in [3.63, 3.8) is 0 Å². The van der Waals surface area contributed by atoms with Crippen LogP contribution >= 0.6 is 0 Å². The molecule has 0 unspecified atom stereocenters. The summed E-state index contributed by atoms with van der Waals surface area (Å²) in [5, 5.41) is 23.4. The third kappa shape index (κ3) is 3.33. The number of phenols is 1. The van der Waals surface area contributed by atoms with Gasteiger partial charge < -0.3 is 15.3 Å². The largest absolute Gasteiger partial charge is 0.507 e. The summed E-state index contributed by atoms with van der Waals surface area (Å²) in [6.45, 7) is -4.83. The van der Waals surface area contributed by atoms with Crippen LogP contribution in [0, 0.1) is 0 Å². The van der Waals surface area contributed by atoms with E-state index in [0.29, 0.717) is 30.3 Å². The van der Waals surface area contributed by atoms with Gasteiger partial charge in [-0.2, -0.15) is 0 Å². The summed E-state index contributed by atoms with van der Waals surface area (Å²) in [5.74, 6) is 0.202. The molecule has 2 N–H and O–H groups in total. The second kappa shape index (κ2) is 7.59. The minimum atomic E-state index is -2.78. The van der Waals surface area contributed by atoms with Gasteiger partial charge in [-0.05, 0) is 37.3 Å². The number of aromatic nitrogens is 3. The molecule has 1 fully saturated rings. The predicted octanol–water partition coefficient (Wildman–Crippen LogP) is 2.60. The average molecular weight is 384 g/mol. The van der Waals surface area contributed by atoms with Gasteiger partial charge in [-0.1, -0.05) is 37.2 Å². The van der Waals surface area contributed by atoms with Crippen molar-refractivity contribution in [2.24, 2.45) is 7.05 Å². The van der Waals surface area contributed by atoms with Gasteiger partial charge in [0.2, 0.25) is 5.82 Å². The Bertz CT molecular complexity index is 1240. The maximum Gasteiger partial charge on any atom is 0.296 e. The summed E-state index contributed by atoms with van der Waals surface area (Å²) < 4.78 is 39.8. The summed E-state index contributed by atoms with van der Waals surface area (Å²) in [6, 6.07) is 10.5. The fourth-order valence-corrected chi connectivity index (χ4v) is 3.61. The van der Waals surface area contributed by atoms with Gasteiger partial charge in [0.05, 0.1) is 5.56 Å². The Kier molecular flexibility index (Phi) is 3.60. The third-order valence-corrected chi connectivity index (χ3v) is 5.13. The van der Waals surface area contributed by atoms with Crippen LogP contribution in [0.3, 0.4) is 0 Å².